The topological polar surface area (TPSA) is 111 Å². The molecule has 1 aliphatic rings. The number of aliphatic hydroxyl groups excluding tert-OH is 1. The molecule has 3 rings (SSSR count). The number of rotatable bonds is 6. The Balaban J connectivity index is 0.00000145. The van der Waals surface area contributed by atoms with Gasteiger partial charge in [-0.15, -0.1) is 0 Å². The van der Waals surface area contributed by atoms with E-state index in [-0.39, 0.29) is 36.8 Å². The van der Waals surface area contributed by atoms with Crippen molar-refractivity contribution in [3.05, 3.63) is 104 Å². The van der Waals surface area contributed by atoms with Gasteiger partial charge in [0.05, 0.1) is 28.5 Å². The van der Waals surface area contributed by atoms with Crippen LogP contribution >= 0.6 is 0 Å². The molecule has 0 radical (unpaired) electrons. The Hall–Kier alpha value is -3.86. The Morgan fingerprint density at radius 2 is 1.69 bits per heavy atom. The van der Waals surface area contributed by atoms with Gasteiger partial charge < -0.3 is 19.9 Å². The molecule has 0 amide bonds. The van der Waals surface area contributed by atoms with Gasteiger partial charge in [0.1, 0.15) is 11.7 Å². The summed E-state index contributed by atoms with van der Waals surface area (Å²) in [4.78, 5) is 23.5. The Bertz CT molecular complexity index is 1130. The van der Waals surface area contributed by atoms with Crippen LogP contribution in [0.3, 0.4) is 0 Å². The van der Waals surface area contributed by atoms with E-state index >= 15 is 0 Å². The first kappa shape index (κ1) is 28.4. The van der Waals surface area contributed by atoms with Crippen LogP contribution in [0, 0.1) is 10.1 Å². The smallest absolute Gasteiger partial charge is 0.434 e. The molecule has 11 heteroatoms. The number of allylic oxidation sites excluding steroid dienone is 2. The van der Waals surface area contributed by atoms with Crippen molar-refractivity contribution in [3.8, 4) is 0 Å². The molecule has 0 fully saturated rings. The van der Waals surface area contributed by atoms with Crippen molar-refractivity contribution >= 4 is 6.16 Å². The van der Waals surface area contributed by atoms with Gasteiger partial charge in [0.25, 0.3) is 5.70 Å². The predicted molar refractivity (Wildman–Crippen MR) is 125 cm³/mol. The molecular weight excluding hydrogens is 481 g/mol. The Labute approximate surface area is 206 Å². The van der Waals surface area contributed by atoms with E-state index in [2.05, 4.69) is 5.32 Å². The van der Waals surface area contributed by atoms with Crippen molar-refractivity contribution in [1.29, 1.82) is 0 Å². The number of carbonyl (C=O) groups excluding carboxylic acids is 1. The summed E-state index contributed by atoms with van der Waals surface area (Å²) in [7, 11) is 0. The van der Waals surface area contributed by atoms with Crippen LogP contribution in [-0.2, 0) is 22.1 Å². The number of carbonyl (C=O) groups is 1. The van der Waals surface area contributed by atoms with Crippen molar-refractivity contribution < 1.29 is 37.5 Å². The number of dihydropyridines is 1. The molecule has 1 aliphatic heterocycles. The van der Waals surface area contributed by atoms with Gasteiger partial charge in [0.2, 0.25) is 0 Å². The average molecular weight is 508 g/mol. The number of nitro groups is 1. The Morgan fingerprint density at radius 3 is 2.25 bits per heavy atom. The lowest BCUT2D eigenvalue weighted by Crippen LogP contribution is -2.32. The number of ether oxygens (including phenoxy) is 2. The molecule has 0 bridgehead atoms. The predicted octanol–water partition coefficient (Wildman–Crippen LogP) is 5.53. The highest BCUT2D eigenvalue weighted by atomic mass is 19.4. The van der Waals surface area contributed by atoms with Gasteiger partial charge in [-0.25, -0.2) is 4.79 Å². The largest absolute Gasteiger partial charge is 0.513 e. The van der Waals surface area contributed by atoms with Crippen LogP contribution in [0.2, 0.25) is 0 Å². The van der Waals surface area contributed by atoms with Gasteiger partial charge in [-0.3, -0.25) is 10.1 Å². The van der Waals surface area contributed by atoms with E-state index in [1.807, 2.05) is 0 Å². The standard InChI is InChI=1S/C23H21F3N2O5.C2H6O/c1-3-32-22(29)33-21-14(2)27-18(13-15-9-5-4-6-10-15)20(28(30)31)19(21)16-11-7-8-12-17(16)23(24,25)26;1-2-3/h4-12,19,27H,3,13H2,1-2H3;3H,2H2,1H3. The SMILES string of the molecule is CCO.CCOC(=O)OC1=C(C)NC(Cc2ccccc2)=C([N+](=O)[O-])C1c1ccccc1C(F)(F)F. The first-order chi connectivity index (χ1) is 17.0. The maximum atomic E-state index is 13.8. The second-order valence-electron chi connectivity index (χ2n) is 7.52. The minimum atomic E-state index is -4.79. The number of hydrogen-bond acceptors (Lipinski definition) is 7. The van der Waals surface area contributed by atoms with Crippen molar-refractivity contribution in [2.75, 3.05) is 13.2 Å². The molecule has 8 nitrogen and oxygen atoms in total. The number of hydrogen-bond donors (Lipinski definition) is 2. The van der Waals surface area contributed by atoms with E-state index in [1.165, 1.54) is 26.0 Å². The highest BCUT2D eigenvalue weighted by Gasteiger charge is 2.45. The maximum Gasteiger partial charge on any atom is 0.513 e. The van der Waals surface area contributed by atoms with Gasteiger partial charge in [0, 0.05) is 13.0 Å². The number of halogens is 3. The fourth-order valence-corrected chi connectivity index (χ4v) is 3.69. The van der Waals surface area contributed by atoms with Gasteiger partial charge in [-0.1, -0.05) is 48.5 Å². The lowest BCUT2D eigenvalue weighted by atomic mass is 9.85. The summed E-state index contributed by atoms with van der Waals surface area (Å²) in [6.45, 7) is 4.89. The summed E-state index contributed by atoms with van der Waals surface area (Å²) < 4.78 is 51.5. The number of benzene rings is 2. The zero-order valence-corrected chi connectivity index (χ0v) is 20.0. The van der Waals surface area contributed by atoms with Crippen molar-refractivity contribution in [3.63, 3.8) is 0 Å². The summed E-state index contributed by atoms with van der Waals surface area (Å²) in [6, 6.07) is 13.3. The van der Waals surface area contributed by atoms with Crippen molar-refractivity contribution in [2.45, 2.75) is 39.3 Å². The number of alkyl halides is 3. The summed E-state index contributed by atoms with van der Waals surface area (Å²) in [5.41, 5.74) is -1.02. The van der Waals surface area contributed by atoms with Gasteiger partial charge in [0.15, 0.2) is 0 Å². The molecular formula is C25H27F3N2O6. The fourth-order valence-electron chi connectivity index (χ4n) is 3.69. The molecule has 194 valence electrons. The van der Waals surface area contributed by atoms with Crippen LogP contribution in [-0.4, -0.2) is 29.4 Å². The molecule has 36 heavy (non-hydrogen) atoms. The number of nitrogens with one attached hydrogen (secondary N) is 1. The summed E-state index contributed by atoms with van der Waals surface area (Å²) in [5, 5.41) is 22.6. The Kier molecular flexibility index (Phi) is 10.0. The van der Waals surface area contributed by atoms with Crippen LogP contribution in [0.15, 0.2) is 77.4 Å². The third-order valence-corrected chi connectivity index (χ3v) is 5.01. The monoisotopic (exact) mass is 508 g/mol. The quantitative estimate of drug-likeness (QED) is 0.300. The molecule has 1 unspecified atom stereocenters. The van der Waals surface area contributed by atoms with Crippen LogP contribution in [0.5, 0.6) is 0 Å². The van der Waals surface area contributed by atoms with E-state index < -0.39 is 40.0 Å². The molecule has 0 saturated heterocycles. The molecule has 0 aliphatic carbocycles. The van der Waals surface area contributed by atoms with Crippen LogP contribution in [0.1, 0.15) is 43.4 Å². The highest BCUT2D eigenvalue weighted by Crippen LogP contribution is 2.44. The van der Waals surface area contributed by atoms with Crippen LogP contribution < -0.4 is 5.32 Å². The third-order valence-electron chi connectivity index (χ3n) is 5.01. The molecule has 1 atom stereocenters. The van der Waals surface area contributed by atoms with Gasteiger partial charge in [-0.2, -0.15) is 13.2 Å². The summed E-state index contributed by atoms with van der Waals surface area (Å²) >= 11 is 0. The minimum Gasteiger partial charge on any atom is -0.434 e. The van der Waals surface area contributed by atoms with Gasteiger partial charge >= 0.3 is 12.3 Å². The summed E-state index contributed by atoms with van der Waals surface area (Å²) in [5.74, 6) is -1.92. The minimum absolute atomic E-state index is 0.0421. The third kappa shape index (κ3) is 7.08. The summed E-state index contributed by atoms with van der Waals surface area (Å²) in [6.07, 6.45) is -5.89. The van der Waals surface area contributed by atoms with Gasteiger partial charge in [-0.05, 0) is 38.0 Å². The molecule has 0 spiro atoms. The Morgan fingerprint density at radius 1 is 1.11 bits per heavy atom. The second-order valence-corrected chi connectivity index (χ2v) is 7.52. The number of aliphatic hydroxyl groups is 1. The van der Waals surface area contributed by atoms with Crippen LogP contribution in [0.4, 0.5) is 18.0 Å². The van der Waals surface area contributed by atoms with Crippen molar-refractivity contribution in [2.24, 2.45) is 0 Å². The van der Waals surface area contributed by atoms with Crippen LogP contribution in [0.25, 0.3) is 0 Å². The molecule has 1 heterocycles. The fraction of sp³-hybridized carbons (Fsp3) is 0.320. The van der Waals surface area contributed by atoms with Crippen molar-refractivity contribution in [1.82, 2.24) is 5.32 Å². The zero-order chi connectivity index (χ0) is 26.9. The maximum absolute atomic E-state index is 13.8. The van der Waals surface area contributed by atoms with E-state index in [9.17, 15) is 28.1 Å². The van der Waals surface area contributed by atoms with E-state index in [0.29, 0.717) is 5.56 Å². The normalized spacial score (nSPS) is 15.5. The average Bonchev–Trinajstić information content (AvgIpc) is 2.81. The molecule has 2 aromatic carbocycles. The first-order valence-electron chi connectivity index (χ1n) is 11.1. The lowest BCUT2D eigenvalue weighted by molar-refractivity contribution is -0.431. The van der Waals surface area contributed by atoms with E-state index in [0.717, 1.165) is 12.1 Å². The molecule has 0 aromatic heterocycles. The first-order valence-corrected chi connectivity index (χ1v) is 11.1. The van der Waals surface area contributed by atoms with E-state index in [1.54, 1.807) is 37.3 Å². The second kappa shape index (κ2) is 12.7. The highest BCUT2D eigenvalue weighted by molar-refractivity contribution is 5.63. The zero-order valence-electron chi connectivity index (χ0n) is 20.0. The number of nitrogens with zero attached hydrogens (tertiary/aromatic N) is 1. The molecule has 2 aromatic rings. The molecule has 2 N–H and O–H groups in total. The van der Waals surface area contributed by atoms with E-state index in [4.69, 9.17) is 14.6 Å². The molecule has 0 saturated carbocycles. The lowest BCUT2D eigenvalue weighted by Gasteiger charge is -2.29.